The van der Waals surface area contributed by atoms with Crippen molar-refractivity contribution >= 4 is 28.6 Å². The number of rotatable bonds is 6. The third-order valence-corrected chi connectivity index (χ3v) is 9.26. The average Bonchev–Trinajstić information content (AvgIpc) is 3.80. The molecule has 1 amide bonds. The molecule has 2 aliphatic heterocycles. The number of piperidine rings is 1. The Morgan fingerprint density at radius 2 is 1.84 bits per heavy atom. The summed E-state index contributed by atoms with van der Waals surface area (Å²) in [5.74, 6) is -0.116. The smallest absolute Gasteiger partial charge is 0.545 e. The van der Waals surface area contributed by atoms with Crippen LogP contribution in [-0.4, -0.2) is 57.4 Å². The number of nitrogens with zero attached hydrogens (tertiary/aromatic N) is 3. The monoisotopic (exact) mass is 615 g/mol. The van der Waals surface area contributed by atoms with Crippen molar-refractivity contribution in [3.8, 4) is 22.6 Å². The molecule has 45 heavy (non-hydrogen) atoms. The molecule has 2 aromatic heterocycles. The van der Waals surface area contributed by atoms with Gasteiger partial charge < -0.3 is 28.8 Å². The van der Waals surface area contributed by atoms with E-state index in [9.17, 15) is 19.5 Å². The molecule has 1 saturated carbocycles. The van der Waals surface area contributed by atoms with E-state index < -0.39 is 11.6 Å². The van der Waals surface area contributed by atoms with Crippen LogP contribution in [0.5, 0.6) is 11.5 Å². The summed E-state index contributed by atoms with van der Waals surface area (Å²) in [6, 6.07) is 11.2. The van der Waals surface area contributed by atoms with Crippen molar-refractivity contribution in [2.75, 3.05) is 19.7 Å². The van der Waals surface area contributed by atoms with Gasteiger partial charge in [0.15, 0.2) is 5.78 Å². The van der Waals surface area contributed by atoms with E-state index in [0.29, 0.717) is 72.3 Å². The van der Waals surface area contributed by atoms with Gasteiger partial charge in [0.2, 0.25) is 0 Å². The third-order valence-electron chi connectivity index (χ3n) is 9.26. The van der Waals surface area contributed by atoms with Crippen molar-refractivity contribution in [3.05, 3.63) is 76.7 Å². The van der Waals surface area contributed by atoms with Crippen LogP contribution in [0.15, 0.2) is 48.8 Å². The van der Waals surface area contributed by atoms with Crippen molar-refractivity contribution in [2.24, 2.45) is 0 Å². The van der Waals surface area contributed by atoms with Gasteiger partial charge in [-0.2, -0.15) is 0 Å². The van der Waals surface area contributed by atoms with Gasteiger partial charge in [-0.25, -0.2) is 0 Å². The molecule has 0 radical (unpaired) electrons. The maximum absolute atomic E-state index is 13.8. The zero-order valence-electron chi connectivity index (χ0n) is 26.1. The fraction of sp³-hybridized carbons (Fsp3) is 0.371. The maximum Gasteiger partial charge on any atom is 1.00 e. The topological polar surface area (TPSA) is 114 Å². The quantitative estimate of drug-likeness (QED) is 0.305. The van der Waals surface area contributed by atoms with Crippen LogP contribution >= 0.6 is 0 Å². The van der Waals surface area contributed by atoms with E-state index in [0.717, 1.165) is 35.1 Å². The van der Waals surface area contributed by atoms with Gasteiger partial charge in [0.1, 0.15) is 17.1 Å². The number of aromatic carboxylic acids is 1. The molecule has 2 aromatic carbocycles. The predicted octanol–water partition coefficient (Wildman–Crippen LogP) is 2.06. The molecule has 1 spiro atoms. The molecule has 226 valence electrons. The summed E-state index contributed by atoms with van der Waals surface area (Å²) < 4.78 is 14.8. The van der Waals surface area contributed by atoms with E-state index in [1.54, 1.807) is 31.3 Å². The van der Waals surface area contributed by atoms with Crippen LogP contribution in [0, 0.1) is 13.8 Å². The van der Waals surface area contributed by atoms with Crippen molar-refractivity contribution in [3.63, 3.8) is 0 Å². The number of carbonyl (C=O) groups excluding carboxylic acids is 3. The number of carboxylic acids is 1. The fourth-order valence-corrected chi connectivity index (χ4v) is 6.74. The minimum atomic E-state index is -1.29. The second kappa shape index (κ2) is 11.9. The molecule has 4 heterocycles. The number of hydrogen-bond acceptors (Lipinski definition) is 7. The Hall–Kier alpha value is -3.66. The first-order valence-corrected chi connectivity index (χ1v) is 15.3. The normalized spacial score (nSPS) is 17.0. The predicted molar refractivity (Wildman–Crippen MR) is 162 cm³/mol. The molecule has 0 N–H and O–H groups in total. The first-order chi connectivity index (χ1) is 21.2. The van der Waals surface area contributed by atoms with Gasteiger partial charge in [0.05, 0.1) is 30.1 Å². The minimum Gasteiger partial charge on any atom is -0.545 e. The summed E-state index contributed by atoms with van der Waals surface area (Å²) in [4.78, 5) is 44.8. The molecule has 7 rings (SSSR count). The summed E-state index contributed by atoms with van der Waals surface area (Å²) in [5.41, 5.74) is 4.26. The SMILES string of the molecule is CCOc1cc(C(=O)N2CCC3(CC2)CC(=O)c2cc(-c4cnc(C)c(C(=O)[O-])c4)ccc2O3)cc2c1c(C)cn2C1CC1.[Na+]. The van der Waals surface area contributed by atoms with E-state index in [-0.39, 0.29) is 53.2 Å². The number of hydrogen-bond donors (Lipinski definition) is 0. The summed E-state index contributed by atoms with van der Waals surface area (Å²) >= 11 is 0. The summed E-state index contributed by atoms with van der Waals surface area (Å²) in [7, 11) is 0. The van der Waals surface area contributed by atoms with Crippen LogP contribution in [0.4, 0.5) is 0 Å². The second-order valence-corrected chi connectivity index (χ2v) is 12.3. The number of Topliss-reactive ketones (excluding diaryl/α,β-unsaturated/α-hetero) is 1. The van der Waals surface area contributed by atoms with Crippen LogP contribution in [0.2, 0.25) is 0 Å². The number of fused-ring (bicyclic) bond motifs is 2. The third kappa shape index (κ3) is 5.66. The van der Waals surface area contributed by atoms with E-state index in [2.05, 4.69) is 22.7 Å². The molecule has 10 heteroatoms. The number of carboxylic acid groups (broad SMARTS) is 1. The molecule has 1 saturated heterocycles. The molecule has 3 aliphatic rings. The van der Waals surface area contributed by atoms with E-state index in [1.165, 1.54) is 6.07 Å². The number of ketones is 1. The Morgan fingerprint density at radius 3 is 2.53 bits per heavy atom. The molecule has 0 atom stereocenters. The number of likely N-dealkylation sites (tertiary alicyclic amines) is 1. The number of benzene rings is 2. The van der Waals surface area contributed by atoms with Crippen LogP contribution in [0.25, 0.3) is 22.0 Å². The Labute approximate surface area is 283 Å². The average molecular weight is 616 g/mol. The van der Waals surface area contributed by atoms with E-state index >= 15 is 0 Å². The van der Waals surface area contributed by atoms with Gasteiger partial charge in [0, 0.05) is 72.1 Å². The molecule has 0 bridgehead atoms. The standard InChI is InChI=1S/C35H35N3O6.Na/c1-4-43-31-16-23(15-28-32(31)20(2)19-38(28)25-6-7-25)33(40)37-11-9-35(10-12-37)17-29(39)27-13-22(5-8-30(27)44-35)24-14-26(34(41)42)21(3)36-18-24;/h5,8,13-16,18-19,25H,4,6-7,9-12,17H2,1-3H3,(H,41,42);/q;+1/p-1. The zero-order valence-corrected chi connectivity index (χ0v) is 28.1. The number of carbonyl (C=O) groups is 3. The summed E-state index contributed by atoms with van der Waals surface area (Å²) in [6.45, 7) is 7.13. The number of aryl methyl sites for hydroxylation is 2. The first kappa shape index (κ1) is 31.3. The number of amides is 1. The summed E-state index contributed by atoms with van der Waals surface area (Å²) in [6.07, 6.45) is 7.36. The zero-order chi connectivity index (χ0) is 30.7. The molecule has 4 aromatic rings. The van der Waals surface area contributed by atoms with Crippen LogP contribution in [-0.2, 0) is 0 Å². The van der Waals surface area contributed by atoms with Crippen LogP contribution < -0.4 is 44.1 Å². The molecular formula is C35H34N3NaO6. The molecule has 9 nitrogen and oxygen atoms in total. The van der Waals surface area contributed by atoms with Gasteiger partial charge in [-0.05, 0) is 75.1 Å². The van der Waals surface area contributed by atoms with Crippen LogP contribution in [0.1, 0.15) is 87.4 Å². The second-order valence-electron chi connectivity index (χ2n) is 12.3. The van der Waals surface area contributed by atoms with Gasteiger partial charge >= 0.3 is 29.6 Å². The molecule has 2 fully saturated rings. The van der Waals surface area contributed by atoms with Crippen molar-refractivity contribution in [1.29, 1.82) is 0 Å². The van der Waals surface area contributed by atoms with Gasteiger partial charge in [-0.1, -0.05) is 6.07 Å². The molecular weight excluding hydrogens is 581 g/mol. The summed E-state index contributed by atoms with van der Waals surface area (Å²) in [5, 5.41) is 12.6. The van der Waals surface area contributed by atoms with Crippen molar-refractivity contribution in [1.82, 2.24) is 14.5 Å². The minimum absolute atomic E-state index is 0. The molecule has 0 unspecified atom stereocenters. The Bertz CT molecular complexity index is 1850. The van der Waals surface area contributed by atoms with Gasteiger partial charge in [-0.3, -0.25) is 14.6 Å². The van der Waals surface area contributed by atoms with Gasteiger partial charge in [0.25, 0.3) is 5.91 Å². The maximum atomic E-state index is 13.8. The first-order valence-electron chi connectivity index (χ1n) is 15.3. The Morgan fingerprint density at radius 1 is 1.09 bits per heavy atom. The van der Waals surface area contributed by atoms with Crippen molar-refractivity contribution in [2.45, 2.75) is 64.5 Å². The molecule has 1 aliphatic carbocycles. The largest absolute Gasteiger partial charge is 1.00 e. The fourth-order valence-electron chi connectivity index (χ4n) is 6.74. The number of pyridine rings is 1. The van der Waals surface area contributed by atoms with Crippen LogP contribution in [0.3, 0.4) is 0 Å². The number of ether oxygens (including phenoxy) is 2. The van der Waals surface area contributed by atoms with Crippen molar-refractivity contribution < 1.29 is 58.5 Å². The van der Waals surface area contributed by atoms with Gasteiger partial charge in [-0.15, -0.1) is 0 Å². The van der Waals surface area contributed by atoms with E-state index in [4.69, 9.17) is 9.47 Å². The Kier molecular flexibility index (Phi) is 8.31. The van der Waals surface area contributed by atoms with E-state index in [1.807, 2.05) is 24.0 Å². The Balaban J connectivity index is 0.00000357. The number of aromatic nitrogens is 2.